The molecule has 9 aromatic rings. The van der Waals surface area contributed by atoms with E-state index in [1.165, 1.54) is 0 Å². The summed E-state index contributed by atoms with van der Waals surface area (Å²) >= 11 is 0. The maximum absolute atomic E-state index is 9.88. The Hall–Kier alpha value is -5.66. The Morgan fingerprint density at radius 2 is 1.07 bits per heavy atom. The number of furan rings is 1. The van der Waals surface area contributed by atoms with Gasteiger partial charge in [-0.1, -0.05) is 133 Å². The number of hydrogen-bond acceptors (Lipinski definition) is 1. The summed E-state index contributed by atoms with van der Waals surface area (Å²) < 4.78 is 60.2. The van der Waals surface area contributed by atoms with Crippen molar-refractivity contribution in [3.63, 3.8) is 0 Å². The van der Waals surface area contributed by atoms with Crippen LogP contribution >= 0.6 is 0 Å². The molecule has 200 valence electrons. The first-order valence-corrected chi connectivity index (χ1v) is 14.3. The molecule has 0 aliphatic rings. The topological polar surface area (TPSA) is 13.1 Å². The first-order chi connectivity index (χ1) is 23.8. The minimum Gasteiger partial charge on any atom is -0.456 e. The Labute approximate surface area is 257 Å². The summed E-state index contributed by atoms with van der Waals surface area (Å²) in [6.45, 7) is 0. The molecule has 0 bridgehead atoms. The van der Waals surface area contributed by atoms with Crippen molar-refractivity contribution in [2.45, 2.75) is 0 Å². The fourth-order valence-corrected chi connectivity index (χ4v) is 6.47. The zero-order valence-corrected chi connectivity index (χ0v) is 23.0. The average Bonchev–Trinajstić information content (AvgIpc) is 3.54. The summed E-state index contributed by atoms with van der Waals surface area (Å²) in [6, 6.07) is 39.0. The van der Waals surface area contributed by atoms with Crippen molar-refractivity contribution < 1.29 is 12.6 Å². The molecule has 0 unspecified atom stereocenters. The van der Waals surface area contributed by atoms with Gasteiger partial charge < -0.3 is 4.42 Å². The van der Waals surface area contributed by atoms with Crippen LogP contribution in [0.25, 0.3) is 87.6 Å². The first kappa shape index (κ1) is 18.7. The molecule has 8 aromatic carbocycles. The van der Waals surface area contributed by atoms with Gasteiger partial charge in [-0.2, -0.15) is 0 Å². The lowest BCUT2D eigenvalue weighted by Crippen LogP contribution is -1.92. The second-order valence-corrected chi connectivity index (χ2v) is 10.8. The molecule has 0 atom stereocenters. The normalized spacial score (nSPS) is 13.7. The van der Waals surface area contributed by atoms with Crippen molar-refractivity contribution in [1.29, 1.82) is 0 Å². The van der Waals surface area contributed by atoms with E-state index < -0.39 is 12.1 Å². The van der Waals surface area contributed by atoms with Crippen molar-refractivity contribution in [2.24, 2.45) is 0 Å². The SMILES string of the molecule is [2H]c1c([2H])c([2H])c2c(oc3c([2H])c(-c4ccccc4)c([2H])c(-c4c5ccccc5c(-c5ccc6ccccc6c5)c5ccccc45)c32)c1[2H]. The Morgan fingerprint density at radius 1 is 0.442 bits per heavy atom. The molecule has 0 aliphatic heterocycles. The quantitative estimate of drug-likeness (QED) is 0.199. The van der Waals surface area contributed by atoms with Crippen molar-refractivity contribution >= 4 is 54.3 Å². The van der Waals surface area contributed by atoms with Gasteiger partial charge >= 0.3 is 0 Å². The van der Waals surface area contributed by atoms with Gasteiger partial charge in [0.05, 0.1) is 8.22 Å². The molecule has 43 heavy (non-hydrogen) atoms. The van der Waals surface area contributed by atoms with Crippen molar-refractivity contribution in [3.05, 3.63) is 158 Å². The first-order valence-electron chi connectivity index (χ1n) is 17.3. The van der Waals surface area contributed by atoms with E-state index >= 15 is 0 Å². The zero-order chi connectivity index (χ0) is 33.6. The molecule has 0 N–H and O–H groups in total. The molecule has 0 saturated heterocycles. The van der Waals surface area contributed by atoms with Crippen LogP contribution in [0.4, 0.5) is 0 Å². The Kier molecular flexibility index (Phi) is 4.11. The maximum atomic E-state index is 9.88. The van der Waals surface area contributed by atoms with Crippen LogP contribution in [0.2, 0.25) is 0 Å². The second-order valence-electron chi connectivity index (χ2n) is 10.8. The van der Waals surface area contributed by atoms with Crippen molar-refractivity contribution in [3.8, 4) is 33.4 Å². The van der Waals surface area contributed by atoms with E-state index in [0.29, 0.717) is 22.1 Å². The van der Waals surface area contributed by atoms with E-state index in [1.54, 1.807) is 0 Å². The molecule has 1 nitrogen and oxygen atoms in total. The summed E-state index contributed by atoms with van der Waals surface area (Å²) in [5.41, 5.74) is 4.46. The van der Waals surface area contributed by atoms with Gasteiger partial charge in [0.25, 0.3) is 0 Å². The molecule has 1 heterocycles. The minimum absolute atomic E-state index is 0.0262. The highest BCUT2D eigenvalue weighted by atomic mass is 16.3. The van der Waals surface area contributed by atoms with Crippen LogP contribution in [-0.4, -0.2) is 0 Å². The van der Waals surface area contributed by atoms with Crippen LogP contribution in [-0.2, 0) is 0 Å². The maximum Gasteiger partial charge on any atom is 0.136 e. The molecular weight excluding hydrogens is 520 g/mol. The summed E-state index contributed by atoms with van der Waals surface area (Å²) in [6.07, 6.45) is 0. The van der Waals surface area contributed by atoms with Gasteiger partial charge in [0.2, 0.25) is 0 Å². The van der Waals surface area contributed by atoms with Crippen LogP contribution in [0.3, 0.4) is 0 Å². The number of rotatable bonds is 3. The summed E-state index contributed by atoms with van der Waals surface area (Å²) in [4.78, 5) is 0. The van der Waals surface area contributed by atoms with Crippen molar-refractivity contribution in [2.75, 3.05) is 0 Å². The van der Waals surface area contributed by atoms with E-state index in [0.717, 1.165) is 49.0 Å². The fourth-order valence-electron chi connectivity index (χ4n) is 6.47. The number of para-hydroxylation sites is 1. The van der Waals surface area contributed by atoms with Gasteiger partial charge in [-0.25, -0.2) is 0 Å². The van der Waals surface area contributed by atoms with E-state index in [2.05, 4.69) is 42.5 Å². The Bertz CT molecular complexity index is 2780. The van der Waals surface area contributed by atoms with E-state index in [-0.39, 0.29) is 40.7 Å². The average molecular weight is 553 g/mol. The van der Waals surface area contributed by atoms with Crippen LogP contribution in [0.15, 0.2) is 162 Å². The number of fused-ring (bicyclic) bond motifs is 6. The molecule has 0 amide bonds. The molecule has 0 spiro atoms. The number of benzene rings is 8. The van der Waals surface area contributed by atoms with E-state index in [9.17, 15) is 2.74 Å². The lowest BCUT2D eigenvalue weighted by molar-refractivity contribution is 0.669. The van der Waals surface area contributed by atoms with Gasteiger partial charge in [-0.15, -0.1) is 0 Å². The molecule has 0 aliphatic carbocycles. The Morgan fingerprint density at radius 3 is 1.81 bits per heavy atom. The van der Waals surface area contributed by atoms with Crippen LogP contribution in [0.5, 0.6) is 0 Å². The largest absolute Gasteiger partial charge is 0.456 e. The third-order valence-electron chi connectivity index (χ3n) is 8.35. The van der Waals surface area contributed by atoms with Gasteiger partial charge in [0.1, 0.15) is 11.2 Å². The molecule has 0 fully saturated rings. The van der Waals surface area contributed by atoms with Crippen molar-refractivity contribution in [1.82, 2.24) is 0 Å². The van der Waals surface area contributed by atoms with Crippen LogP contribution in [0.1, 0.15) is 8.22 Å². The highest BCUT2D eigenvalue weighted by Crippen LogP contribution is 2.48. The lowest BCUT2D eigenvalue weighted by atomic mass is 9.84. The standard InChI is InChI=1S/C42H26O/c1-2-12-27(13-3-1)31-25-37(42-36-20-10-11-21-38(36)43-39(42)26-31)41-34-18-8-6-16-32(34)40(33-17-7-9-19-35(33)41)30-23-22-28-14-4-5-15-29(28)24-30/h1-26H/i10D,11D,20D,21D,25D,26D. The highest BCUT2D eigenvalue weighted by Gasteiger charge is 2.21. The summed E-state index contributed by atoms with van der Waals surface area (Å²) in [5.74, 6) is 0. The monoisotopic (exact) mass is 552 g/mol. The number of hydrogen-bond donors (Lipinski definition) is 0. The zero-order valence-electron chi connectivity index (χ0n) is 29.0. The predicted octanol–water partition coefficient (Wildman–Crippen LogP) is 12.0. The summed E-state index contributed by atoms with van der Waals surface area (Å²) in [5, 5.41) is 6.50. The predicted molar refractivity (Wildman–Crippen MR) is 183 cm³/mol. The van der Waals surface area contributed by atoms with Gasteiger partial charge in [-0.05, 0) is 89.9 Å². The smallest absolute Gasteiger partial charge is 0.136 e. The molecule has 1 aromatic heterocycles. The molecule has 1 heteroatoms. The minimum atomic E-state index is -0.408. The van der Waals surface area contributed by atoms with Gasteiger partial charge in [0, 0.05) is 10.8 Å². The summed E-state index contributed by atoms with van der Waals surface area (Å²) in [7, 11) is 0. The molecule has 0 radical (unpaired) electrons. The van der Waals surface area contributed by atoms with Crippen LogP contribution in [0, 0.1) is 0 Å². The lowest BCUT2D eigenvalue weighted by Gasteiger charge is -2.19. The van der Waals surface area contributed by atoms with Gasteiger partial charge in [-0.3, -0.25) is 0 Å². The highest BCUT2D eigenvalue weighted by molar-refractivity contribution is 6.26. The van der Waals surface area contributed by atoms with Gasteiger partial charge in [0.15, 0.2) is 0 Å². The van der Waals surface area contributed by atoms with E-state index in [1.807, 2.05) is 78.9 Å². The third kappa shape index (κ3) is 3.72. The van der Waals surface area contributed by atoms with Crippen LogP contribution < -0.4 is 0 Å². The third-order valence-corrected chi connectivity index (χ3v) is 8.35. The Balaban J connectivity index is 1.52. The van der Waals surface area contributed by atoms with E-state index in [4.69, 9.17) is 9.90 Å². The fraction of sp³-hybridized carbons (Fsp3) is 0. The molecular formula is C42H26O. The second kappa shape index (κ2) is 9.44. The molecule has 0 saturated carbocycles. The molecule has 9 rings (SSSR count).